The molecule has 0 spiro atoms. The molecular formula is C7H5BrClNS. The van der Waals surface area contributed by atoms with Gasteiger partial charge in [0, 0.05) is 28.6 Å². The van der Waals surface area contributed by atoms with Crippen LogP contribution in [0.3, 0.4) is 0 Å². The Bertz CT molecular complexity index is 282. The number of fused-ring (bicyclic) bond motifs is 1. The summed E-state index contributed by atoms with van der Waals surface area (Å²) in [4.78, 5) is 1.24. The van der Waals surface area contributed by atoms with Gasteiger partial charge < -0.3 is 0 Å². The topological polar surface area (TPSA) is 3.24 Å². The van der Waals surface area contributed by atoms with E-state index in [1.165, 1.54) is 10.5 Å². The maximum absolute atomic E-state index is 5.98. The summed E-state index contributed by atoms with van der Waals surface area (Å²) >= 11 is 11.1. The monoisotopic (exact) mass is 249 g/mol. The predicted octanol–water partition coefficient (Wildman–Crippen LogP) is 3.21. The molecular weight excluding hydrogens is 246 g/mol. The first-order chi connectivity index (χ1) is 5.27. The standard InChI is InChI=1S/C7H5BrClNS/c8-10-3-6(9)5-1-2-11-7(5)4-10/h1,3-4H,2H2. The van der Waals surface area contributed by atoms with Gasteiger partial charge in [0.15, 0.2) is 0 Å². The molecule has 0 aliphatic carbocycles. The molecule has 0 saturated heterocycles. The van der Waals surface area contributed by atoms with E-state index in [9.17, 15) is 0 Å². The molecule has 0 N–H and O–H groups in total. The van der Waals surface area contributed by atoms with Gasteiger partial charge in [-0.05, 0) is 0 Å². The second kappa shape index (κ2) is 2.88. The van der Waals surface area contributed by atoms with Crippen LogP contribution in [0.1, 0.15) is 0 Å². The highest BCUT2D eigenvalue weighted by molar-refractivity contribution is 9.07. The van der Waals surface area contributed by atoms with E-state index in [2.05, 4.69) is 22.2 Å². The maximum atomic E-state index is 5.98. The van der Waals surface area contributed by atoms with E-state index in [1.807, 2.05) is 12.4 Å². The Morgan fingerprint density at radius 1 is 1.55 bits per heavy atom. The molecule has 4 heteroatoms. The smallest absolute Gasteiger partial charge is 0.0658 e. The van der Waals surface area contributed by atoms with Crippen LogP contribution in [-0.4, -0.2) is 9.68 Å². The molecule has 2 heterocycles. The van der Waals surface area contributed by atoms with Gasteiger partial charge in [-0.25, -0.2) is 0 Å². The molecule has 11 heavy (non-hydrogen) atoms. The average Bonchev–Trinajstić information content (AvgIpc) is 2.34. The Morgan fingerprint density at radius 2 is 2.36 bits per heavy atom. The number of rotatable bonds is 0. The Kier molecular flexibility index (Phi) is 2.04. The molecule has 0 amide bonds. The molecule has 0 saturated carbocycles. The number of halogens is 2. The first-order valence-electron chi connectivity index (χ1n) is 3.14. The van der Waals surface area contributed by atoms with Crippen LogP contribution in [0.25, 0.3) is 0 Å². The van der Waals surface area contributed by atoms with Crippen molar-refractivity contribution in [3.63, 3.8) is 0 Å². The van der Waals surface area contributed by atoms with Crippen LogP contribution in [0.2, 0.25) is 0 Å². The largest absolute Gasteiger partial charge is 0.289 e. The summed E-state index contributed by atoms with van der Waals surface area (Å²) in [6.07, 6.45) is 6.02. The molecule has 2 rings (SSSR count). The SMILES string of the molecule is ClC1=CN(Br)C=C2SCC=C12. The number of nitrogens with zero attached hydrogens (tertiary/aromatic N) is 1. The van der Waals surface area contributed by atoms with Gasteiger partial charge in [-0.3, -0.25) is 3.93 Å². The highest BCUT2D eigenvalue weighted by Gasteiger charge is 2.19. The van der Waals surface area contributed by atoms with Crippen molar-refractivity contribution in [2.75, 3.05) is 5.75 Å². The van der Waals surface area contributed by atoms with Crippen molar-refractivity contribution in [1.82, 2.24) is 3.93 Å². The lowest BCUT2D eigenvalue weighted by Gasteiger charge is -2.15. The van der Waals surface area contributed by atoms with Crippen LogP contribution in [0.5, 0.6) is 0 Å². The minimum atomic E-state index is 0.810. The molecule has 0 aromatic carbocycles. The van der Waals surface area contributed by atoms with Crippen LogP contribution in [0.15, 0.2) is 34.0 Å². The van der Waals surface area contributed by atoms with E-state index < -0.39 is 0 Å². The fraction of sp³-hybridized carbons (Fsp3) is 0.143. The van der Waals surface area contributed by atoms with Crippen LogP contribution in [0, 0.1) is 0 Å². The quantitative estimate of drug-likeness (QED) is 0.608. The lowest BCUT2D eigenvalue weighted by Crippen LogP contribution is -2.01. The van der Waals surface area contributed by atoms with E-state index >= 15 is 0 Å². The molecule has 1 nitrogen and oxygen atoms in total. The Hall–Kier alpha value is 0.140. The maximum Gasteiger partial charge on any atom is 0.0658 e. The van der Waals surface area contributed by atoms with E-state index in [4.69, 9.17) is 11.6 Å². The number of hydrogen-bond acceptors (Lipinski definition) is 2. The normalized spacial score (nSPS) is 22.4. The zero-order valence-electron chi connectivity index (χ0n) is 5.55. The van der Waals surface area contributed by atoms with Gasteiger partial charge >= 0.3 is 0 Å². The molecule has 0 atom stereocenters. The molecule has 0 unspecified atom stereocenters. The van der Waals surface area contributed by atoms with Gasteiger partial charge in [-0.2, -0.15) is 0 Å². The summed E-state index contributed by atoms with van der Waals surface area (Å²) in [5.74, 6) is 1.03. The second-order valence-electron chi connectivity index (χ2n) is 2.24. The molecule has 0 fully saturated rings. The van der Waals surface area contributed by atoms with Crippen LogP contribution < -0.4 is 0 Å². The highest BCUT2D eigenvalue weighted by Crippen LogP contribution is 2.40. The Balaban J connectivity index is 2.40. The first kappa shape index (κ1) is 7.77. The van der Waals surface area contributed by atoms with Gasteiger partial charge in [0.2, 0.25) is 0 Å². The Labute approximate surface area is 83.1 Å². The van der Waals surface area contributed by atoms with Gasteiger partial charge in [-0.1, -0.05) is 17.7 Å². The van der Waals surface area contributed by atoms with Gasteiger partial charge in [-0.15, -0.1) is 11.8 Å². The van der Waals surface area contributed by atoms with Crippen molar-refractivity contribution in [2.24, 2.45) is 0 Å². The molecule has 2 aliphatic rings. The minimum Gasteiger partial charge on any atom is -0.289 e. The number of allylic oxidation sites excluding steroid dienone is 2. The number of thioether (sulfide) groups is 1. The third-order valence-electron chi connectivity index (χ3n) is 1.53. The van der Waals surface area contributed by atoms with Crippen molar-refractivity contribution < 1.29 is 0 Å². The molecule has 0 bridgehead atoms. The molecule has 0 aromatic heterocycles. The summed E-state index contributed by atoms with van der Waals surface area (Å²) < 4.78 is 1.81. The van der Waals surface area contributed by atoms with E-state index in [-0.39, 0.29) is 0 Å². The fourth-order valence-corrected chi connectivity index (χ4v) is 3.01. The van der Waals surface area contributed by atoms with E-state index in [0.717, 1.165) is 10.8 Å². The highest BCUT2D eigenvalue weighted by atomic mass is 79.9. The van der Waals surface area contributed by atoms with Crippen molar-refractivity contribution in [3.8, 4) is 0 Å². The van der Waals surface area contributed by atoms with Crippen molar-refractivity contribution in [3.05, 3.63) is 34.0 Å². The average molecular weight is 251 g/mol. The summed E-state index contributed by atoms with van der Waals surface area (Å²) in [7, 11) is 0. The molecule has 0 radical (unpaired) electrons. The fourth-order valence-electron chi connectivity index (χ4n) is 1.04. The van der Waals surface area contributed by atoms with Crippen LogP contribution in [-0.2, 0) is 0 Å². The van der Waals surface area contributed by atoms with Crippen LogP contribution in [0.4, 0.5) is 0 Å². The van der Waals surface area contributed by atoms with E-state index in [1.54, 1.807) is 15.7 Å². The lowest BCUT2D eigenvalue weighted by molar-refractivity contribution is 0.864. The van der Waals surface area contributed by atoms with E-state index in [0.29, 0.717) is 0 Å². The summed E-state index contributed by atoms with van der Waals surface area (Å²) in [6.45, 7) is 0. The van der Waals surface area contributed by atoms with Gasteiger partial charge in [0.25, 0.3) is 0 Å². The molecule has 0 aromatic rings. The van der Waals surface area contributed by atoms with Gasteiger partial charge in [0.05, 0.1) is 21.2 Å². The predicted molar refractivity (Wildman–Crippen MR) is 53.3 cm³/mol. The van der Waals surface area contributed by atoms with Crippen molar-refractivity contribution in [1.29, 1.82) is 0 Å². The van der Waals surface area contributed by atoms with Crippen molar-refractivity contribution in [2.45, 2.75) is 0 Å². The zero-order valence-corrected chi connectivity index (χ0v) is 8.71. The molecule has 2 aliphatic heterocycles. The first-order valence-corrected chi connectivity index (χ1v) is 5.21. The van der Waals surface area contributed by atoms with Crippen molar-refractivity contribution >= 4 is 39.5 Å². The summed E-state index contributed by atoms with van der Waals surface area (Å²) in [6, 6.07) is 0. The third kappa shape index (κ3) is 1.37. The van der Waals surface area contributed by atoms with Gasteiger partial charge in [0.1, 0.15) is 0 Å². The number of hydrogen-bond donors (Lipinski definition) is 0. The third-order valence-corrected chi connectivity index (χ3v) is 3.21. The zero-order chi connectivity index (χ0) is 7.84. The second-order valence-corrected chi connectivity index (χ2v) is 4.53. The molecule has 58 valence electrons. The minimum absolute atomic E-state index is 0.810. The van der Waals surface area contributed by atoms with Crippen LogP contribution >= 0.6 is 39.5 Å². The lowest BCUT2D eigenvalue weighted by atomic mass is 10.2. The summed E-state index contributed by atoms with van der Waals surface area (Å²) in [5.41, 5.74) is 1.17. The summed E-state index contributed by atoms with van der Waals surface area (Å²) in [5, 5.41) is 0.810. The Morgan fingerprint density at radius 3 is 3.18 bits per heavy atom.